The quantitative estimate of drug-likeness (QED) is 0.469. The summed E-state index contributed by atoms with van der Waals surface area (Å²) in [7, 11) is 1.34. The molecule has 0 saturated heterocycles. The lowest BCUT2D eigenvalue weighted by Gasteiger charge is -2.35. The molecule has 2 heterocycles. The van der Waals surface area contributed by atoms with Crippen LogP contribution in [-0.4, -0.2) is 24.8 Å². The SMILES string of the molecule is CCC(=O)N1c2ccccc2NC2=C(C(=O)C[C@@H](c3cccs3)C2)[C@@H]1c1ccc(C(=O)OC)cc1. The Morgan fingerprint density at radius 2 is 1.83 bits per heavy atom. The van der Waals surface area contributed by atoms with Crippen molar-refractivity contribution in [2.24, 2.45) is 0 Å². The van der Waals surface area contributed by atoms with Crippen LogP contribution < -0.4 is 10.2 Å². The highest BCUT2D eigenvalue weighted by atomic mass is 32.1. The Morgan fingerprint density at radius 1 is 1.06 bits per heavy atom. The fourth-order valence-corrected chi connectivity index (χ4v) is 5.83. The van der Waals surface area contributed by atoms with E-state index in [1.165, 1.54) is 12.0 Å². The molecule has 7 heteroatoms. The van der Waals surface area contributed by atoms with Gasteiger partial charge in [-0.1, -0.05) is 37.3 Å². The number of amides is 1. The molecular weight excluding hydrogens is 460 g/mol. The van der Waals surface area contributed by atoms with Gasteiger partial charge in [-0.05, 0) is 47.7 Å². The van der Waals surface area contributed by atoms with Crippen molar-refractivity contribution in [2.45, 2.75) is 38.1 Å². The van der Waals surface area contributed by atoms with E-state index in [2.05, 4.69) is 11.4 Å². The first-order valence-electron chi connectivity index (χ1n) is 11.7. The summed E-state index contributed by atoms with van der Waals surface area (Å²) in [5.74, 6) is -0.390. The van der Waals surface area contributed by atoms with E-state index < -0.39 is 12.0 Å². The molecular formula is C28H26N2O4S. The molecule has 0 radical (unpaired) electrons. The van der Waals surface area contributed by atoms with Crippen LogP contribution in [-0.2, 0) is 14.3 Å². The zero-order valence-corrected chi connectivity index (χ0v) is 20.4. The van der Waals surface area contributed by atoms with Crippen LogP contribution in [0.1, 0.15) is 58.9 Å². The number of carbonyl (C=O) groups is 3. The van der Waals surface area contributed by atoms with Crippen LogP contribution in [0, 0.1) is 0 Å². The number of Topliss-reactive ketones (excluding diaryl/α,β-unsaturated/α-hetero) is 1. The maximum absolute atomic E-state index is 13.8. The average molecular weight is 487 g/mol. The summed E-state index contributed by atoms with van der Waals surface area (Å²) in [5.41, 5.74) is 4.18. The highest BCUT2D eigenvalue weighted by Crippen LogP contribution is 2.48. The van der Waals surface area contributed by atoms with Crippen molar-refractivity contribution in [1.29, 1.82) is 0 Å². The van der Waals surface area contributed by atoms with Crippen LogP contribution in [0.4, 0.5) is 11.4 Å². The first-order chi connectivity index (χ1) is 17.0. The molecule has 178 valence electrons. The zero-order chi connectivity index (χ0) is 24.5. The first kappa shape index (κ1) is 23.1. The molecule has 2 aromatic carbocycles. The monoisotopic (exact) mass is 486 g/mol. The summed E-state index contributed by atoms with van der Waals surface area (Å²) >= 11 is 1.66. The van der Waals surface area contributed by atoms with E-state index in [0.29, 0.717) is 30.4 Å². The normalized spacial score (nSPS) is 19.4. The first-order valence-corrected chi connectivity index (χ1v) is 12.6. The van der Waals surface area contributed by atoms with Gasteiger partial charge in [-0.3, -0.25) is 14.5 Å². The van der Waals surface area contributed by atoms with Gasteiger partial charge in [0.2, 0.25) is 5.91 Å². The average Bonchev–Trinajstić information content (AvgIpc) is 3.38. The molecule has 1 aliphatic heterocycles. The lowest BCUT2D eigenvalue weighted by atomic mass is 9.80. The van der Waals surface area contributed by atoms with Crippen molar-refractivity contribution >= 4 is 40.4 Å². The number of rotatable bonds is 4. The molecule has 1 aromatic heterocycles. The van der Waals surface area contributed by atoms with E-state index in [1.807, 2.05) is 54.8 Å². The smallest absolute Gasteiger partial charge is 0.337 e. The number of allylic oxidation sites excluding steroid dienone is 1. The molecule has 2 aliphatic rings. The van der Waals surface area contributed by atoms with E-state index in [-0.39, 0.29) is 17.6 Å². The molecule has 0 spiro atoms. The highest BCUT2D eigenvalue weighted by Gasteiger charge is 2.41. The van der Waals surface area contributed by atoms with Crippen LogP contribution in [0.15, 0.2) is 77.3 Å². The van der Waals surface area contributed by atoms with E-state index in [0.717, 1.165) is 22.6 Å². The minimum atomic E-state index is -0.600. The van der Waals surface area contributed by atoms with Gasteiger partial charge in [0.1, 0.15) is 0 Å². The van der Waals surface area contributed by atoms with Crippen LogP contribution >= 0.6 is 11.3 Å². The van der Waals surface area contributed by atoms with Crippen LogP contribution in [0.5, 0.6) is 0 Å². The summed E-state index contributed by atoms with van der Waals surface area (Å²) in [4.78, 5) is 42.1. The van der Waals surface area contributed by atoms with E-state index >= 15 is 0 Å². The third kappa shape index (κ3) is 4.17. The lowest BCUT2D eigenvalue weighted by Crippen LogP contribution is -2.38. The maximum atomic E-state index is 13.8. The number of anilines is 2. The Balaban J connectivity index is 1.69. The van der Waals surface area contributed by atoms with Gasteiger partial charge in [0.25, 0.3) is 0 Å². The van der Waals surface area contributed by atoms with Crippen molar-refractivity contribution in [3.8, 4) is 0 Å². The second-order valence-electron chi connectivity index (χ2n) is 8.71. The Labute approximate surface area is 208 Å². The number of hydrogen-bond acceptors (Lipinski definition) is 6. The molecule has 6 nitrogen and oxygen atoms in total. The number of methoxy groups -OCH3 is 1. The minimum absolute atomic E-state index is 0.0286. The number of ketones is 1. The van der Waals surface area contributed by atoms with Gasteiger partial charge in [0.15, 0.2) is 5.78 Å². The number of carbonyl (C=O) groups excluding carboxylic acids is 3. The van der Waals surface area contributed by atoms with Gasteiger partial charge in [0.05, 0.1) is 30.1 Å². The fraction of sp³-hybridized carbons (Fsp3) is 0.250. The number of hydrogen-bond donors (Lipinski definition) is 1. The molecule has 1 N–H and O–H groups in total. The van der Waals surface area contributed by atoms with Crippen molar-refractivity contribution in [3.05, 3.63) is 93.3 Å². The fourth-order valence-electron chi connectivity index (χ4n) is 5.00. The second kappa shape index (κ2) is 9.50. The minimum Gasteiger partial charge on any atom is -0.465 e. The molecule has 0 bridgehead atoms. The van der Waals surface area contributed by atoms with Crippen molar-refractivity contribution in [1.82, 2.24) is 0 Å². The van der Waals surface area contributed by atoms with E-state index in [4.69, 9.17) is 4.74 Å². The van der Waals surface area contributed by atoms with E-state index in [9.17, 15) is 14.4 Å². The molecule has 0 saturated carbocycles. The molecule has 1 aliphatic carbocycles. The van der Waals surface area contributed by atoms with Crippen molar-refractivity contribution < 1.29 is 19.1 Å². The standard InChI is InChI=1S/C28H26N2O4S/c1-3-25(32)30-22-8-5-4-7-20(22)29-21-15-19(24-9-6-14-35-24)16-23(31)26(21)27(30)17-10-12-18(13-11-17)28(33)34-2/h4-14,19,27,29H,3,15-16H2,1-2H3/t19-,27-/m0/s1. The number of nitrogens with one attached hydrogen (secondary N) is 1. The predicted molar refractivity (Wildman–Crippen MR) is 137 cm³/mol. The lowest BCUT2D eigenvalue weighted by molar-refractivity contribution is -0.119. The molecule has 5 rings (SSSR count). The number of ether oxygens (including phenoxy) is 1. The Hall–Kier alpha value is -3.71. The molecule has 1 amide bonds. The number of esters is 1. The molecule has 3 aromatic rings. The number of nitrogens with zero attached hydrogens (tertiary/aromatic N) is 1. The largest absolute Gasteiger partial charge is 0.465 e. The Kier molecular flexibility index (Phi) is 6.26. The number of para-hydroxylation sites is 2. The summed E-state index contributed by atoms with van der Waals surface area (Å²) in [5, 5.41) is 5.56. The summed E-state index contributed by atoms with van der Waals surface area (Å²) in [6.07, 6.45) is 1.36. The number of thiophene rings is 1. The van der Waals surface area contributed by atoms with Gasteiger partial charge in [-0.15, -0.1) is 11.3 Å². The third-order valence-corrected chi connectivity index (χ3v) is 7.69. The summed E-state index contributed by atoms with van der Waals surface area (Å²) in [6.45, 7) is 1.82. The number of fused-ring (bicyclic) bond motifs is 1. The van der Waals surface area contributed by atoms with Gasteiger partial charge >= 0.3 is 5.97 Å². The predicted octanol–water partition coefficient (Wildman–Crippen LogP) is 5.85. The van der Waals surface area contributed by atoms with Crippen LogP contribution in [0.25, 0.3) is 0 Å². The van der Waals surface area contributed by atoms with Gasteiger partial charge in [0, 0.05) is 34.9 Å². The highest BCUT2D eigenvalue weighted by molar-refractivity contribution is 7.10. The maximum Gasteiger partial charge on any atom is 0.337 e. The third-order valence-electron chi connectivity index (χ3n) is 6.65. The molecule has 2 atom stereocenters. The zero-order valence-electron chi connectivity index (χ0n) is 19.6. The molecule has 35 heavy (non-hydrogen) atoms. The van der Waals surface area contributed by atoms with Crippen LogP contribution in [0.2, 0.25) is 0 Å². The number of benzene rings is 2. The Morgan fingerprint density at radius 3 is 2.51 bits per heavy atom. The molecule has 0 unspecified atom stereocenters. The van der Waals surface area contributed by atoms with Gasteiger partial charge in [-0.25, -0.2) is 4.79 Å². The van der Waals surface area contributed by atoms with Crippen molar-refractivity contribution in [2.75, 3.05) is 17.3 Å². The van der Waals surface area contributed by atoms with E-state index in [1.54, 1.807) is 28.4 Å². The Bertz CT molecular complexity index is 1310. The second-order valence-corrected chi connectivity index (χ2v) is 9.69. The summed E-state index contributed by atoms with van der Waals surface area (Å²) in [6, 6.07) is 18.1. The van der Waals surface area contributed by atoms with Gasteiger partial charge < -0.3 is 10.1 Å². The summed E-state index contributed by atoms with van der Waals surface area (Å²) < 4.78 is 4.84. The van der Waals surface area contributed by atoms with Crippen LogP contribution in [0.3, 0.4) is 0 Å². The van der Waals surface area contributed by atoms with Gasteiger partial charge in [-0.2, -0.15) is 0 Å². The molecule has 0 fully saturated rings. The topological polar surface area (TPSA) is 75.7 Å². The van der Waals surface area contributed by atoms with Crippen molar-refractivity contribution in [3.63, 3.8) is 0 Å².